The summed E-state index contributed by atoms with van der Waals surface area (Å²) in [4.78, 5) is 10.5. The number of sulfonamides is 1. The molecular formula is C14H22ClN3O4S. The predicted octanol–water partition coefficient (Wildman–Crippen LogP) is 2.00. The van der Waals surface area contributed by atoms with E-state index in [0.29, 0.717) is 18.7 Å². The van der Waals surface area contributed by atoms with Crippen molar-refractivity contribution in [3.8, 4) is 0 Å². The highest BCUT2D eigenvalue weighted by molar-refractivity contribution is 7.89. The van der Waals surface area contributed by atoms with E-state index in [1.807, 2.05) is 13.8 Å². The summed E-state index contributed by atoms with van der Waals surface area (Å²) in [5.41, 5.74) is 0.800. The zero-order chi connectivity index (χ0) is 16.7. The molecule has 1 aliphatic heterocycles. The summed E-state index contributed by atoms with van der Waals surface area (Å²) in [6, 6.07) is 2.58. The highest BCUT2D eigenvalue weighted by atomic mass is 35.5. The molecule has 0 spiro atoms. The number of nitro benzene ring substituents is 1. The Morgan fingerprint density at radius 1 is 1.30 bits per heavy atom. The van der Waals surface area contributed by atoms with Gasteiger partial charge in [-0.05, 0) is 38.8 Å². The van der Waals surface area contributed by atoms with Crippen LogP contribution in [0.2, 0.25) is 0 Å². The molecule has 0 aromatic heterocycles. The molecule has 2 unspecified atom stereocenters. The minimum absolute atomic E-state index is 0. The van der Waals surface area contributed by atoms with Crippen LogP contribution in [-0.2, 0) is 10.0 Å². The van der Waals surface area contributed by atoms with E-state index in [0.717, 1.165) is 5.56 Å². The van der Waals surface area contributed by atoms with Crippen LogP contribution in [0.15, 0.2) is 17.0 Å². The van der Waals surface area contributed by atoms with E-state index in [9.17, 15) is 18.5 Å². The van der Waals surface area contributed by atoms with E-state index in [-0.39, 0.29) is 35.1 Å². The molecule has 0 radical (unpaired) electrons. The minimum atomic E-state index is -3.92. The Morgan fingerprint density at radius 3 is 2.48 bits per heavy atom. The van der Waals surface area contributed by atoms with Gasteiger partial charge >= 0.3 is 0 Å². The molecule has 1 N–H and O–H groups in total. The molecule has 23 heavy (non-hydrogen) atoms. The van der Waals surface area contributed by atoms with Crippen molar-refractivity contribution in [2.75, 3.05) is 13.1 Å². The van der Waals surface area contributed by atoms with Crippen molar-refractivity contribution in [2.24, 2.45) is 0 Å². The molecule has 1 saturated heterocycles. The first-order valence-electron chi connectivity index (χ1n) is 7.17. The summed E-state index contributed by atoms with van der Waals surface area (Å²) in [5, 5.41) is 14.5. The molecule has 130 valence electrons. The van der Waals surface area contributed by atoms with Gasteiger partial charge in [0.2, 0.25) is 0 Å². The lowest BCUT2D eigenvalue weighted by Crippen LogP contribution is -2.57. The Hall–Kier alpha value is -1.22. The number of nitrogens with one attached hydrogen (secondary N) is 1. The number of hydrogen-bond donors (Lipinski definition) is 1. The smallest absolute Gasteiger partial charge is 0.289 e. The molecule has 1 aliphatic rings. The highest BCUT2D eigenvalue weighted by Crippen LogP contribution is 2.33. The van der Waals surface area contributed by atoms with Crippen LogP contribution in [0.1, 0.15) is 25.0 Å². The second-order valence-corrected chi connectivity index (χ2v) is 7.54. The van der Waals surface area contributed by atoms with E-state index in [4.69, 9.17) is 0 Å². The van der Waals surface area contributed by atoms with Gasteiger partial charge in [0.1, 0.15) is 0 Å². The summed E-state index contributed by atoms with van der Waals surface area (Å²) in [6.45, 7) is 7.92. The van der Waals surface area contributed by atoms with Crippen LogP contribution in [0, 0.1) is 24.0 Å². The van der Waals surface area contributed by atoms with Crippen LogP contribution in [0.3, 0.4) is 0 Å². The zero-order valence-electron chi connectivity index (χ0n) is 13.6. The van der Waals surface area contributed by atoms with Gasteiger partial charge in [0, 0.05) is 31.2 Å². The molecule has 0 saturated carbocycles. The Morgan fingerprint density at radius 2 is 1.91 bits per heavy atom. The van der Waals surface area contributed by atoms with Crippen molar-refractivity contribution in [3.05, 3.63) is 33.4 Å². The SMILES string of the molecule is Cc1ccc([N+](=O)[O-])c(S(=O)(=O)N2CCNC(C)C2C)c1C.Cl. The molecule has 0 amide bonds. The van der Waals surface area contributed by atoms with Gasteiger partial charge in [0.05, 0.1) is 4.92 Å². The van der Waals surface area contributed by atoms with Crippen molar-refractivity contribution in [1.29, 1.82) is 0 Å². The van der Waals surface area contributed by atoms with E-state index >= 15 is 0 Å². The molecule has 7 nitrogen and oxygen atoms in total. The number of halogens is 1. The third-order valence-corrected chi connectivity index (χ3v) is 6.56. The van der Waals surface area contributed by atoms with Crippen molar-refractivity contribution in [2.45, 2.75) is 44.7 Å². The standard InChI is InChI=1S/C14H21N3O4S.ClH/c1-9-5-6-13(17(18)19)14(10(9)2)22(20,21)16-8-7-15-11(3)12(16)4;/h5-6,11-12,15H,7-8H2,1-4H3;1H. The number of benzene rings is 1. The van der Waals surface area contributed by atoms with Crippen molar-refractivity contribution in [1.82, 2.24) is 9.62 Å². The van der Waals surface area contributed by atoms with Gasteiger partial charge in [-0.3, -0.25) is 10.1 Å². The van der Waals surface area contributed by atoms with E-state index < -0.39 is 14.9 Å². The van der Waals surface area contributed by atoms with Crippen LogP contribution < -0.4 is 5.32 Å². The summed E-state index contributed by atoms with van der Waals surface area (Å²) in [5.74, 6) is 0. The predicted molar refractivity (Wildman–Crippen MR) is 90.6 cm³/mol. The normalized spacial score (nSPS) is 22.4. The fourth-order valence-electron chi connectivity index (χ4n) is 2.73. The number of nitrogens with zero attached hydrogens (tertiary/aromatic N) is 2. The van der Waals surface area contributed by atoms with Gasteiger partial charge in [-0.2, -0.15) is 4.31 Å². The van der Waals surface area contributed by atoms with Crippen LogP contribution in [-0.4, -0.2) is 42.8 Å². The maximum atomic E-state index is 13.0. The van der Waals surface area contributed by atoms with E-state index in [1.54, 1.807) is 19.9 Å². The topological polar surface area (TPSA) is 92.5 Å². The first-order valence-corrected chi connectivity index (χ1v) is 8.61. The third-order valence-electron chi connectivity index (χ3n) is 4.40. The average molecular weight is 364 g/mol. The lowest BCUT2D eigenvalue weighted by atomic mass is 10.1. The molecule has 1 heterocycles. The molecule has 1 aromatic rings. The minimum Gasteiger partial charge on any atom is -0.311 e. The number of piperazine rings is 1. The van der Waals surface area contributed by atoms with Gasteiger partial charge in [0.25, 0.3) is 15.7 Å². The van der Waals surface area contributed by atoms with Gasteiger partial charge in [0.15, 0.2) is 4.90 Å². The first-order chi connectivity index (χ1) is 10.2. The van der Waals surface area contributed by atoms with Gasteiger partial charge in [-0.1, -0.05) is 6.07 Å². The number of nitro groups is 1. The van der Waals surface area contributed by atoms with Gasteiger partial charge in [-0.25, -0.2) is 8.42 Å². The second-order valence-electron chi connectivity index (χ2n) is 5.71. The van der Waals surface area contributed by atoms with E-state index in [2.05, 4.69) is 5.32 Å². The van der Waals surface area contributed by atoms with Crippen molar-refractivity contribution >= 4 is 28.1 Å². The Balaban J connectivity index is 0.00000264. The summed E-state index contributed by atoms with van der Waals surface area (Å²) in [6.07, 6.45) is 0. The number of hydrogen-bond acceptors (Lipinski definition) is 5. The molecule has 2 atom stereocenters. The van der Waals surface area contributed by atoms with E-state index in [1.165, 1.54) is 10.4 Å². The monoisotopic (exact) mass is 363 g/mol. The lowest BCUT2D eigenvalue weighted by molar-refractivity contribution is -0.388. The molecular weight excluding hydrogens is 342 g/mol. The fourth-order valence-corrected chi connectivity index (χ4v) is 4.87. The number of rotatable bonds is 3. The first kappa shape index (κ1) is 19.8. The van der Waals surface area contributed by atoms with Crippen LogP contribution in [0.5, 0.6) is 0 Å². The summed E-state index contributed by atoms with van der Waals surface area (Å²) >= 11 is 0. The summed E-state index contributed by atoms with van der Waals surface area (Å²) < 4.78 is 27.4. The largest absolute Gasteiger partial charge is 0.311 e. The fraction of sp³-hybridized carbons (Fsp3) is 0.571. The Labute approximate surface area is 142 Å². The maximum absolute atomic E-state index is 13.0. The number of aryl methyl sites for hydroxylation is 1. The second kappa shape index (κ2) is 7.12. The molecule has 2 rings (SSSR count). The Kier molecular flexibility index (Phi) is 6.14. The molecule has 0 bridgehead atoms. The van der Waals surface area contributed by atoms with Crippen molar-refractivity contribution < 1.29 is 13.3 Å². The Bertz CT molecular complexity index is 708. The zero-order valence-corrected chi connectivity index (χ0v) is 15.2. The highest BCUT2D eigenvalue weighted by Gasteiger charge is 2.39. The third kappa shape index (κ3) is 3.50. The molecule has 1 fully saturated rings. The van der Waals surface area contributed by atoms with Crippen molar-refractivity contribution in [3.63, 3.8) is 0 Å². The quantitative estimate of drug-likeness (QED) is 0.655. The average Bonchev–Trinajstić information content (AvgIpc) is 2.43. The maximum Gasteiger partial charge on any atom is 0.289 e. The van der Waals surface area contributed by atoms with Gasteiger partial charge < -0.3 is 5.32 Å². The van der Waals surface area contributed by atoms with Crippen LogP contribution >= 0.6 is 12.4 Å². The summed E-state index contributed by atoms with van der Waals surface area (Å²) in [7, 11) is -3.92. The molecule has 1 aromatic carbocycles. The molecule has 0 aliphatic carbocycles. The lowest BCUT2D eigenvalue weighted by Gasteiger charge is -2.37. The molecule has 9 heteroatoms. The van der Waals surface area contributed by atoms with Crippen LogP contribution in [0.4, 0.5) is 5.69 Å². The van der Waals surface area contributed by atoms with Gasteiger partial charge in [-0.15, -0.1) is 12.4 Å². The van der Waals surface area contributed by atoms with Crippen LogP contribution in [0.25, 0.3) is 0 Å².